The number of aromatic nitrogens is 2. The summed E-state index contributed by atoms with van der Waals surface area (Å²) in [6.07, 6.45) is 4.42. The van der Waals surface area contributed by atoms with Crippen molar-refractivity contribution in [2.45, 2.75) is 12.8 Å². The van der Waals surface area contributed by atoms with Crippen LogP contribution in [0, 0.1) is 0 Å². The summed E-state index contributed by atoms with van der Waals surface area (Å²) in [5.74, 6) is 0.220. The SMILES string of the molecule is O=C(Cc1ccc[nH]1)N1CCN(C(=O)Cc2ccc[nH]2)CC1. The highest BCUT2D eigenvalue weighted by molar-refractivity contribution is 5.80. The number of piperazine rings is 1. The number of hydrogen-bond donors (Lipinski definition) is 2. The molecule has 1 aliphatic rings. The van der Waals surface area contributed by atoms with E-state index in [1.807, 2.05) is 46.5 Å². The number of aromatic amines is 2. The van der Waals surface area contributed by atoms with Crippen LogP contribution in [0.15, 0.2) is 36.7 Å². The highest BCUT2D eigenvalue weighted by Crippen LogP contribution is 2.08. The van der Waals surface area contributed by atoms with Gasteiger partial charge in [0.25, 0.3) is 0 Å². The lowest BCUT2D eigenvalue weighted by molar-refractivity contribution is -0.138. The van der Waals surface area contributed by atoms with Crippen molar-refractivity contribution in [3.63, 3.8) is 0 Å². The first-order chi connectivity index (χ1) is 10.7. The summed E-state index contributed by atoms with van der Waals surface area (Å²) in [5, 5.41) is 0. The summed E-state index contributed by atoms with van der Waals surface area (Å²) in [6.45, 7) is 2.43. The number of nitrogens with zero attached hydrogens (tertiary/aromatic N) is 2. The minimum atomic E-state index is 0.110. The Hall–Kier alpha value is -2.50. The first kappa shape index (κ1) is 14.4. The molecule has 0 bridgehead atoms. The monoisotopic (exact) mass is 300 g/mol. The van der Waals surface area contributed by atoms with Crippen molar-refractivity contribution in [2.24, 2.45) is 0 Å². The lowest BCUT2D eigenvalue weighted by Gasteiger charge is -2.34. The Kier molecular flexibility index (Phi) is 4.27. The Bertz CT molecular complexity index is 554. The van der Waals surface area contributed by atoms with Crippen LogP contribution in [0.3, 0.4) is 0 Å². The molecule has 0 aliphatic carbocycles. The van der Waals surface area contributed by atoms with Crippen LogP contribution in [0.25, 0.3) is 0 Å². The van der Waals surface area contributed by atoms with Crippen LogP contribution in [0.2, 0.25) is 0 Å². The maximum atomic E-state index is 12.2. The summed E-state index contributed by atoms with van der Waals surface area (Å²) >= 11 is 0. The number of amides is 2. The zero-order valence-corrected chi connectivity index (χ0v) is 12.4. The van der Waals surface area contributed by atoms with Crippen molar-refractivity contribution in [1.82, 2.24) is 19.8 Å². The molecule has 0 spiro atoms. The van der Waals surface area contributed by atoms with Gasteiger partial charge in [-0.15, -0.1) is 0 Å². The maximum Gasteiger partial charge on any atom is 0.228 e. The summed E-state index contributed by atoms with van der Waals surface area (Å²) < 4.78 is 0. The Morgan fingerprint density at radius 3 is 1.55 bits per heavy atom. The molecular formula is C16H20N4O2. The Labute approximate surface area is 129 Å². The first-order valence-corrected chi connectivity index (χ1v) is 7.52. The predicted octanol–water partition coefficient (Wildman–Crippen LogP) is 0.799. The fourth-order valence-corrected chi connectivity index (χ4v) is 2.71. The molecule has 6 heteroatoms. The van der Waals surface area contributed by atoms with Crippen molar-refractivity contribution >= 4 is 11.8 Å². The van der Waals surface area contributed by atoms with Crippen LogP contribution >= 0.6 is 0 Å². The summed E-state index contributed by atoms with van der Waals surface area (Å²) in [4.78, 5) is 34.1. The third-order valence-corrected chi connectivity index (χ3v) is 3.99. The number of nitrogens with one attached hydrogen (secondary N) is 2. The standard InChI is InChI=1S/C16H20N4O2/c21-15(11-13-3-1-5-17-13)19-7-9-20(10-8-19)16(22)12-14-4-2-6-18-14/h1-6,17-18H,7-12H2. The van der Waals surface area contributed by atoms with E-state index in [4.69, 9.17) is 0 Å². The van der Waals surface area contributed by atoms with Crippen molar-refractivity contribution in [3.8, 4) is 0 Å². The van der Waals surface area contributed by atoms with Crippen LogP contribution in [-0.4, -0.2) is 57.8 Å². The second-order valence-electron chi connectivity index (χ2n) is 5.51. The van der Waals surface area contributed by atoms with E-state index in [9.17, 15) is 9.59 Å². The molecule has 2 aromatic heterocycles. The Morgan fingerprint density at radius 2 is 1.23 bits per heavy atom. The number of carbonyl (C=O) groups excluding carboxylic acids is 2. The molecule has 2 aromatic rings. The lowest BCUT2D eigenvalue weighted by Crippen LogP contribution is -2.51. The van der Waals surface area contributed by atoms with Crippen molar-refractivity contribution in [3.05, 3.63) is 48.0 Å². The van der Waals surface area contributed by atoms with Gasteiger partial charge >= 0.3 is 0 Å². The number of carbonyl (C=O) groups is 2. The number of rotatable bonds is 4. The molecule has 1 fully saturated rings. The molecule has 6 nitrogen and oxygen atoms in total. The van der Waals surface area contributed by atoms with Crippen LogP contribution < -0.4 is 0 Å². The summed E-state index contributed by atoms with van der Waals surface area (Å²) in [7, 11) is 0. The van der Waals surface area contributed by atoms with Gasteiger partial charge in [-0.2, -0.15) is 0 Å². The quantitative estimate of drug-likeness (QED) is 0.876. The molecule has 0 saturated carbocycles. The van der Waals surface area contributed by atoms with Gasteiger partial charge in [-0.1, -0.05) is 0 Å². The topological polar surface area (TPSA) is 72.2 Å². The molecule has 1 saturated heterocycles. The van der Waals surface area contributed by atoms with E-state index < -0.39 is 0 Å². The largest absolute Gasteiger partial charge is 0.365 e. The molecule has 3 rings (SSSR count). The maximum absolute atomic E-state index is 12.2. The fourth-order valence-electron chi connectivity index (χ4n) is 2.71. The smallest absolute Gasteiger partial charge is 0.228 e. The van der Waals surface area contributed by atoms with Crippen molar-refractivity contribution in [1.29, 1.82) is 0 Å². The normalized spacial score (nSPS) is 15.1. The lowest BCUT2D eigenvalue weighted by atomic mass is 10.2. The minimum Gasteiger partial charge on any atom is -0.365 e. The van der Waals surface area contributed by atoms with Gasteiger partial charge in [-0.25, -0.2) is 0 Å². The van der Waals surface area contributed by atoms with E-state index >= 15 is 0 Å². The van der Waals surface area contributed by atoms with E-state index in [0.717, 1.165) is 11.4 Å². The van der Waals surface area contributed by atoms with Crippen LogP contribution in [-0.2, 0) is 22.4 Å². The Balaban J connectivity index is 1.47. The van der Waals surface area contributed by atoms with Gasteiger partial charge in [0.05, 0.1) is 12.8 Å². The van der Waals surface area contributed by atoms with Crippen molar-refractivity contribution in [2.75, 3.05) is 26.2 Å². The van der Waals surface area contributed by atoms with Gasteiger partial charge in [0.15, 0.2) is 0 Å². The van der Waals surface area contributed by atoms with Crippen LogP contribution in [0.4, 0.5) is 0 Å². The minimum absolute atomic E-state index is 0.110. The first-order valence-electron chi connectivity index (χ1n) is 7.52. The molecule has 0 radical (unpaired) electrons. The van der Waals surface area contributed by atoms with E-state index in [0.29, 0.717) is 39.0 Å². The molecule has 22 heavy (non-hydrogen) atoms. The van der Waals surface area contributed by atoms with Crippen LogP contribution in [0.5, 0.6) is 0 Å². The summed E-state index contributed by atoms with van der Waals surface area (Å²) in [6, 6.07) is 7.60. The molecular weight excluding hydrogens is 280 g/mol. The van der Waals surface area contributed by atoms with Crippen LogP contribution in [0.1, 0.15) is 11.4 Å². The van der Waals surface area contributed by atoms with Gasteiger partial charge in [-0.3, -0.25) is 9.59 Å². The van der Waals surface area contributed by atoms with E-state index in [2.05, 4.69) is 9.97 Å². The zero-order valence-electron chi connectivity index (χ0n) is 12.4. The summed E-state index contributed by atoms with van der Waals surface area (Å²) in [5.41, 5.74) is 1.85. The molecule has 3 heterocycles. The molecule has 1 aliphatic heterocycles. The van der Waals surface area contributed by atoms with Crippen molar-refractivity contribution < 1.29 is 9.59 Å². The fraction of sp³-hybridized carbons (Fsp3) is 0.375. The number of hydrogen-bond acceptors (Lipinski definition) is 2. The highest BCUT2D eigenvalue weighted by Gasteiger charge is 2.24. The van der Waals surface area contributed by atoms with Gasteiger partial charge in [0.2, 0.25) is 11.8 Å². The Morgan fingerprint density at radius 1 is 0.818 bits per heavy atom. The average molecular weight is 300 g/mol. The molecule has 2 amide bonds. The van der Waals surface area contributed by atoms with E-state index in [1.165, 1.54) is 0 Å². The highest BCUT2D eigenvalue weighted by atomic mass is 16.2. The van der Waals surface area contributed by atoms with E-state index in [1.54, 1.807) is 0 Å². The van der Waals surface area contributed by atoms with Gasteiger partial charge in [0, 0.05) is 50.0 Å². The van der Waals surface area contributed by atoms with Gasteiger partial charge in [-0.05, 0) is 24.3 Å². The predicted molar refractivity (Wildman–Crippen MR) is 82.2 cm³/mol. The third-order valence-electron chi connectivity index (χ3n) is 3.99. The zero-order chi connectivity index (χ0) is 15.4. The molecule has 0 atom stereocenters. The third kappa shape index (κ3) is 3.39. The molecule has 116 valence electrons. The van der Waals surface area contributed by atoms with Gasteiger partial charge in [0.1, 0.15) is 0 Å². The second-order valence-corrected chi connectivity index (χ2v) is 5.51. The molecule has 2 N–H and O–H groups in total. The number of H-pyrrole nitrogens is 2. The second kappa shape index (κ2) is 6.51. The average Bonchev–Trinajstić information content (AvgIpc) is 3.21. The van der Waals surface area contributed by atoms with Gasteiger partial charge < -0.3 is 19.8 Å². The molecule has 0 unspecified atom stereocenters. The van der Waals surface area contributed by atoms with E-state index in [-0.39, 0.29) is 11.8 Å². The molecule has 0 aromatic carbocycles.